The maximum atomic E-state index is 12.8. The van der Waals surface area contributed by atoms with E-state index in [0.717, 1.165) is 16.1 Å². The number of hydrogen-bond donors (Lipinski definition) is 0. The van der Waals surface area contributed by atoms with E-state index in [4.69, 9.17) is 9.47 Å². The lowest BCUT2D eigenvalue weighted by atomic mass is 10.2. The zero-order chi connectivity index (χ0) is 20.1. The second kappa shape index (κ2) is 9.12. The van der Waals surface area contributed by atoms with Crippen molar-refractivity contribution in [2.45, 2.75) is 11.4 Å². The smallest absolute Gasteiger partial charge is 0.273 e. The number of carbonyl (C=O) groups excluding carboxylic acids is 1. The van der Waals surface area contributed by atoms with E-state index >= 15 is 0 Å². The largest absolute Gasteiger partial charge is 0.493 e. The van der Waals surface area contributed by atoms with E-state index in [1.54, 1.807) is 43.3 Å². The lowest BCUT2D eigenvalue weighted by Crippen LogP contribution is -2.26. The molecular weight excluding hydrogens is 392 g/mol. The van der Waals surface area contributed by atoms with Crippen molar-refractivity contribution >= 4 is 29.0 Å². The number of nitrogens with zero attached hydrogens (tertiary/aromatic N) is 2. The van der Waals surface area contributed by atoms with Gasteiger partial charge in [0.25, 0.3) is 5.91 Å². The topological polar surface area (TPSA) is 51.7 Å². The Morgan fingerprint density at radius 1 is 1.11 bits per heavy atom. The van der Waals surface area contributed by atoms with Gasteiger partial charge in [-0.1, -0.05) is 12.1 Å². The molecule has 0 N–H and O–H groups in total. The number of amides is 1. The molecule has 0 fully saturated rings. The summed E-state index contributed by atoms with van der Waals surface area (Å²) in [6.07, 6.45) is 2.04. The molecule has 1 amide bonds. The van der Waals surface area contributed by atoms with Gasteiger partial charge in [-0.2, -0.15) is 0 Å². The van der Waals surface area contributed by atoms with Crippen LogP contribution in [0.4, 0.5) is 0 Å². The van der Waals surface area contributed by atoms with E-state index in [1.807, 2.05) is 36.6 Å². The summed E-state index contributed by atoms with van der Waals surface area (Å²) in [6.45, 7) is 0.538. The van der Waals surface area contributed by atoms with Gasteiger partial charge in [0, 0.05) is 29.4 Å². The van der Waals surface area contributed by atoms with Crippen LogP contribution < -0.4 is 9.47 Å². The first-order valence-electron chi connectivity index (χ1n) is 8.62. The summed E-state index contributed by atoms with van der Waals surface area (Å²) in [5, 5.41) is 2.56. The van der Waals surface area contributed by atoms with E-state index in [2.05, 4.69) is 17.1 Å². The SMILES string of the molecule is COc1ccc(-c2nc(C(=O)N(C)Cc3ccc(SC)cc3)cs2)cc1OC. The van der Waals surface area contributed by atoms with Crippen molar-refractivity contribution in [2.75, 3.05) is 27.5 Å². The molecular formula is C21H22N2O3S2. The Labute approximate surface area is 173 Å². The Kier molecular flexibility index (Phi) is 6.59. The molecule has 146 valence electrons. The summed E-state index contributed by atoms with van der Waals surface area (Å²) in [4.78, 5) is 20.2. The number of aromatic nitrogens is 1. The summed E-state index contributed by atoms with van der Waals surface area (Å²) in [5.74, 6) is 1.19. The molecule has 3 aromatic rings. The molecule has 0 aliphatic rings. The van der Waals surface area contributed by atoms with E-state index in [9.17, 15) is 4.79 Å². The molecule has 0 saturated heterocycles. The van der Waals surface area contributed by atoms with Gasteiger partial charge in [-0.15, -0.1) is 23.1 Å². The minimum absolute atomic E-state index is 0.100. The first-order chi connectivity index (χ1) is 13.5. The molecule has 2 aromatic carbocycles. The van der Waals surface area contributed by atoms with E-state index in [-0.39, 0.29) is 5.91 Å². The van der Waals surface area contributed by atoms with Crippen molar-refractivity contribution in [3.8, 4) is 22.1 Å². The fraction of sp³-hybridized carbons (Fsp3) is 0.238. The second-order valence-electron chi connectivity index (χ2n) is 6.12. The molecule has 5 nitrogen and oxygen atoms in total. The van der Waals surface area contributed by atoms with Crippen LogP contribution in [0.3, 0.4) is 0 Å². The molecule has 0 bridgehead atoms. The molecule has 0 aliphatic heterocycles. The zero-order valence-electron chi connectivity index (χ0n) is 16.3. The second-order valence-corrected chi connectivity index (χ2v) is 7.85. The number of methoxy groups -OCH3 is 2. The van der Waals surface area contributed by atoms with Crippen molar-refractivity contribution in [3.05, 3.63) is 59.1 Å². The van der Waals surface area contributed by atoms with Gasteiger partial charge in [-0.05, 0) is 42.2 Å². The summed E-state index contributed by atoms with van der Waals surface area (Å²) in [6, 6.07) is 13.8. The predicted octanol–water partition coefficient (Wildman–Crippen LogP) is 4.82. The van der Waals surface area contributed by atoms with Crippen molar-refractivity contribution in [1.29, 1.82) is 0 Å². The molecule has 28 heavy (non-hydrogen) atoms. The molecule has 0 aliphatic carbocycles. The maximum Gasteiger partial charge on any atom is 0.273 e. The normalized spacial score (nSPS) is 10.6. The van der Waals surface area contributed by atoms with Crippen LogP contribution in [-0.2, 0) is 6.54 Å². The van der Waals surface area contributed by atoms with Gasteiger partial charge in [-0.3, -0.25) is 4.79 Å². The number of ether oxygens (including phenoxy) is 2. The fourth-order valence-electron chi connectivity index (χ4n) is 2.75. The first kappa shape index (κ1) is 20.2. The van der Waals surface area contributed by atoms with Gasteiger partial charge in [0.1, 0.15) is 10.7 Å². The van der Waals surface area contributed by atoms with Gasteiger partial charge in [0.05, 0.1) is 14.2 Å². The van der Waals surface area contributed by atoms with E-state index in [1.165, 1.54) is 16.2 Å². The molecule has 0 saturated carbocycles. The first-order valence-corrected chi connectivity index (χ1v) is 10.7. The zero-order valence-corrected chi connectivity index (χ0v) is 17.9. The van der Waals surface area contributed by atoms with Crippen molar-refractivity contribution in [2.24, 2.45) is 0 Å². The minimum atomic E-state index is -0.100. The van der Waals surface area contributed by atoms with Crippen LogP contribution in [0.2, 0.25) is 0 Å². The highest BCUT2D eigenvalue weighted by molar-refractivity contribution is 7.98. The number of rotatable bonds is 7. The molecule has 0 radical (unpaired) electrons. The Morgan fingerprint density at radius 2 is 1.82 bits per heavy atom. The highest BCUT2D eigenvalue weighted by Crippen LogP contribution is 2.33. The Bertz CT molecular complexity index is 955. The van der Waals surface area contributed by atoms with Gasteiger partial charge in [0.2, 0.25) is 0 Å². The molecule has 1 aromatic heterocycles. The number of carbonyl (C=O) groups is 1. The lowest BCUT2D eigenvalue weighted by molar-refractivity contribution is 0.0780. The highest BCUT2D eigenvalue weighted by atomic mass is 32.2. The fourth-order valence-corrected chi connectivity index (χ4v) is 3.95. The van der Waals surface area contributed by atoms with Crippen LogP contribution >= 0.6 is 23.1 Å². The van der Waals surface area contributed by atoms with Crippen molar-refractivity contribution < 1.29 is 14.3 Å². The highest BCUT2D eigenvalue weighted by Gasteiger charge is 2.17. The van der Waals surface area contributed by atoms with Gasteiger partial charge in [0.15, 0.2) is 11.5 Å². The van der Waals surface area contributed by atoms with E-state index in [0.29, 0.717) is 23.7 Å². The number of thioether (sulfide) groups is 1. The summed E-state index contributed by atoms with van der Waals surface area (Å²) in [7, 11) is 4.99. The predicted molar refractivity (Wildman–Crippen MR) is 115 cm³/mol. The average Bonchev–Trinajstić information content (AvgIpc) is 3.23. The van der Waals surface area contributed by atoms with Crippen LogP contribution in [0.15, 0.2) is 52.7 Å². The molecule has 7 heteroatoms. The molecule has 0 atom stereocenters. The summed E-state index contributed by atoms with van der Waals surface area (Å²) < 4.78 is 10.6. The van der Waals surface area contributed by atoms with Gasteiger partial charge < -0.3 is 14.4 Å². The molecule has 1 heterocycles. The van der Waals surface area contributed by atoms with E-state index < -0.39 is 0 Å². The molecule has 3 rings (SSSR count). The summed E-state index contributed by atoms with van der Waals surface area (Å²) in [5.41, 5.74) is 2.42. The third-order valence-corrected chi connectivity index (χ3v) is 5.91. The third kappa shape index (κ3) is 4.48. The van der Waals surface area contributed by atoms with Crippen LogP contribution in [0.25, 0.3) is 10.6 Å². The minimum Gasteiger partial charge on any atom is -0.493 e. The van der Waals surface area contributed by atoms with Crippen LogP contribution in [-0.4, -0.2) is 43.3 Å². The quantitative estimate of drug-likeness (QED) is 0.519. The van der Waals surface area contributed by atoms with Crippen molar-refractivity contribution in [1.82, 2.24) is 9.88 Å². The Morgan fingerprint density at radius 3 is 2.46 bits per heavy atom. The van der Waals surface area contributed by atoms with Crippen molar-refractivity contribution in [3.63, 3.8) is 0 Å². The molecule has 0 spiro atoms. The number of hydrogen-bond acceptors (Lipinski definition) is 6. The van der Waals surface area contributed by atoms with Crippen LogP contribution in [0.1, 0.15) is 16.1 Å². The Balaban J connectivity index is 1.74. The van der Waals surface area contributed by atoms with Gasteiger partial charge >= 0.3 is 0 Å². The maximum absolute atomic E-state index is 12.8. The number of thiazole rings is 1. The van der Waals surface area contributed by atoms with Crippen LogP contribution in [0, 0.1) is 0 Å². The van der Waals surface area contributed by atoms with Crippen LogP contribution in [0.5, 0.6) is 11.5 Å². The Hall–Kier alpha value is -2.51. The monoisotopic (exact) mass is 414 g/mol. The van der Waals surface area contributed by atoms with Gasteiger partial charge in [-0.25, -0.2) is 4.98 Å². The number of benzene rings is 2. The molecule has 0 unspecified atom stereocenters. The summed E-state index contributed by atoms with van der Waals surface area (Å²) >= 11 is 3.13. The average molecular weight is 415 g/mol. The standard InChI is InChI=1S/C21H22N2O3S2/c1-23(12-14-5-8-16(27-4)9-6-14)21(24)17-13-28-20(22-17)15-7-10-18(25-2)19(11-15)26-3/h5-11,13H,12H2,1-4H3. The third-order valence-electron chi connectivity index (χ3n) is 4.28. The lowest BCUT2D eigenvalue weighted by Gasteiger charge is -2.16.